The third-order valence-electron chi connectivity index (χ3n) is 5.30. The molecule has 0 radical (unpaired) electrons. The molecule has 0 aliphatic carbocycles. The molecule has 134 valence electrons. The zero-order valence-corrected chi connectivity index (χ0v) is 15.4. The Balaban J connectivity index is 1.63. The zero-order chi connectivity index (χ0) is 17.8. The Morgan fingerprint density at radius 3 is 2.73 bits per heavy atom. The average molecular weight is 346 g/mol. The lowest BCUT2D eigenvalue weighted by atomic mass is 10.00. The lowest BCUT2D eigenvalue weighted by Gasteiger charge is -2.36. The van der Waals surface area contributed by atoms with Crippen molar-refractivity contribution >= 4 is 16.7 Å². The van der Waals surface area contributed by atoms with Crippen molar-refractivity contribution in [2.24, 2.45) is 0 Å². The highest BCUT2D eigenvalue weighted by atomic mass is 16.5. The predicted octanol–water partition coefficient (Wildman–Crippen LogP) is 5.58. The van der Waals surface area contributed by atoms with E-state index in [1.807, 2.05) is 30.3 Å². The van der Waals surface area contributed by atoms with E-state index in [4.69, 9.17) is 9.72 Å². The van der Waals surface area contributed by atoms with Gasteiger partial charge in [0.1, 0.15) is 23.7 Å². The van der Waals surface area contributed by atoms with Crippen LogP contribution >= 0.6 is 0 Å². The Morgan fingerprint density at radius 2 is 1.88 bits per heavy atom. The number of anilines is 1. The Morgan fingerprint density at radius 1 is 1.00 bits per heavy atom. The Bertz CT molecular complexity index is 862. The maximum Gasteiger partial charge on any atom is 0.146 e. The van der Waals surface area contributed by atoms with Gasteiger partial charge in [-0.1, -0.05) is 49.4 Å². The Hall–Kier alpha value is -2.55. The van der Waals surface area contributed by atoms with Crippen LogP contribution < -0.4 is 9.64 Å². The third kappa shape index (κ3) is 3.52. The van der Waals surface area contributed by atoms with Gasteiger partial charge in [0.15, 0.2) is 0 Å². The summed E-state index contributed by atoms with van der Waals surface area (Å²) in [6.07, 6.45) is 5.02. The molecule has 0 bridgehead atoms. The van der Waals surface area contributed by atoms with Crippen LogP contribution in [0.4, 0.5) is 5.82 Å². The second-order valence-electron chi connectivity index (χ2n) is 7.02. The zero-order valence-electron chi connectivity index (χ0n) is 15.4. The van der Waals surface area contributed by atoms with Crippen molar-refractivity contribution in [3.8, 4) is 5.75 Å². The summed E-state index contributed by atoms with van der Waals surface area (Å²) >= 11 is 0. The maximum atomic E-state index is 6.12. The molecule has 0 amide bonds. The summed E-state index contributed by atoms with van der Waals surface area (Å²) < 4.78 is 6.12. The van der Waals surface area contributed by atoms with Gasteiger partial charge in [0, 0.05) is 18.0 Å². The molecule has 1 aliphatic rings. The number of para-hydroxylation sites is 1. The molecule has 4 rings (SSSR count). The van der Waals surface area contributed by atoms with E-state index in [0.29, 0.717) is 12.6 Å². The first-order valence-corrected chi connectivity index (χ1v) is 9.68. The van der Waals surface area contributed by atoms with Crippen molar-refractivity contribution in [1.82, 2.24) is 4.98 Å². The van der Waals surface area contributed by atoms with Crippen LogP contribution in [0.1, 0.15) is 38.2 Å². The van der Waals surface area contributed by atoms with Gasteiger partial charge in [0.2, 0.25) is 0 Å². The topological polar surface area (TPSA) is 25.4 Å². The van der Waals surface area contributed by atoms with E-state index in [-0.39, 0.29) is 0 Å². The monoisotopic (exact) mass is 346 g/mol. The van der Waals surface area contributed by atoms with Gasteiger partial charge in [0.25, 0.3) is 0 Å². The Labute approximate surface area is 155 Å². The van der Waals surface area contributed by atoms with Crippen LogP contribution in [0.3, 0.4) is 0 Å². The van der Waals surface area contributed by atoms with Crippen molar-refractivity contribution < 1.29 is 4.74 Å². The summed E-state index contributed by atoms with van der Waals surface area (Å²) in [7, 11) is 0. The molecule has 3 aromatic rings. The molecule has 2 aromatic carbocycles. The van der Waals surface area contributed by atoms with Crippen LogP contribution in [0.2, 0.25) is 0 Å². The van der Waals surface area contributed by atoms with Crippen LogP contribution in [0.15, 0.2) is 60.7 Å². The Kier molecular flexibility index (Phi) is 5.05. The number of nitrogens with zero attached hydrogens (tertiary/aromatic N) is 2. The standard InChI is InChI=1S/C23H26N2O/c1-2-20-12-6-7-16-25(20)22-15-14-19-11-8-13-21(23(19)24-22)26-17-18-9-4-3-5-10-18/h3-5,8-11,13-15,20H,2,6-7,12,16-17H2,1H3. The SMILES string of the molecule is CCC1CCCCN1c1ccc2cccc(OCc3ccccc3)c2n1. The third-order valence-corrected chi connectivity index (χ3v) is 5.30. The first-order chi connectivity index (χ1) is 12.8. The number of piperidine rings is 1. The molecule has 1 atom stereocenters. The summed E-state index contributed by atoms with van der Waals surface area (Å²) in [4.78, 5) is 7.49. The van der Waals surface area contributed by atoms with E-state index in [1.165, 1.54) is 31.2 Å². The minimum absolute atomic E-state index is 0.563. The minimum atomic E-state index is 0.563. The smallest absolute Gasteiger partial charge is 0.146 e. The molecule has 1 aromatic heterocycles. The van der Waals surface area contributed by atoms with Gasteiger partial charge in [-0.25, -0.2) is 4.98 Å². The molecule has 2 heterocycles. The average Bonchev–Trinajstić information content (AvgIpc) is 2.72. The quantitative estimate of drug-likeness (QED) is 0.603. The number of rotatable bonds is 5. The fourth-order valence-corrected chi connectivity index (χ4v) is 3.85. The van der Waals surface area contributed by atoms with E-state index in [9.17, 15) is 0 Å². The van der Waals surface area contributed by atoms with E-state index in [0.717, 1.165) is 29.0 Å². The van der Waals surface area contributed by atoms with Crippen molar-refractivity contribution in [3.63, 3.8) is 0 Å². The molecule has 3 heteroatoms. The van der Waals surface area contributed by atoms with Crippen molar-refractivity contribution in [2.75, 3.05) is 11.4 Å². The number of ether oxygens (including phenoxy) is 1. The summed E-state index contributed by atoms with van der Waals surface area (Å²) in [5, 5.41) is 1.13. The predicted molar refractivity (Wildman–Crippen MR) is 108 cm³/mol. The molecule has 3 nitrogen and oxygen atoms in total. The van der Waals surface area contributed by atoms with Crippen molar-refractivity contribution in [2.45, 2.75) is 45.3 Å². The van der Waals surface area contributed by atoms with Crippen LogP contribution in [-0.2, 0) is 6.61 Å². The maximum absolute atomic E-state index is 6.12. The van der Waals surface area contributed by atoms with Gasteiger partial charge < -0.3 is 9.64 Å². The highest BCUT2D eigenvalue weighted by Crippen LogP contribution is 2.30. The number of aromatic nitrogens is 1. The fraction of sp³-hybridized carbons (Fsp3) is 0.348. The number of hydrogen-bond donors (Lipinski definition) is 0. The van der Waals surface area contributed by atoms with E-state index in [1.54, 1.807) is 0 Å². The molecule has 0 saturated carbocycles. The van der Waals surface area contributed by atoms with Gasteiger partial charge in [0.05, 0.1) is 0 Å². The van der Waals surface area contributed by atoms with Gasteiger partial charge in [-0.15, -0.1) is 0 Å². The summed E-state index contributed by atoms with van der Waals surface area (Å²) in [5.41, 5.74) is 2.13. The fourth-order valence-electron chi connectivity index (χ4n) is 3.85. The molecule has 1 aliphatic heterocycles. The van der Waals surface area contributed by atoms with Gasteiger partial charge in [-0.05, 0) is 49.4 Å². The van der Waals surface area contributed by atoms with E-state index in [2.05, 4.69) is 42.2 Å². The van der Waals surface area contributed by atoms with Crippen molar-refractivity contribution in [1.29, 1.82) is 0 Å². The first-order valence-electron chi connectivity index (χ1n) is 9.68. The minimum Gasteiger partial charge on any atom is -0.487 e. The van der Waals surface area contributed by atoms with Crippen LogP contribution in [0.5, 0.6) is 5.75 Å². The summed E-state index contributed by atoms with van der Waals surface area (Å²) in [5.74, 6) is 1.94. The molecule has 1 fully saturated rings. The van der Waals surface area contributed by atoms with Crippen LogP contribution in [0, 0.1) is 0 Å². The molecule has 1 saturated heterocycles. The second kappa shape index (κ2) is 7.77. The van der Waals surface area contributed by atoms with Gasteiger partial charge >= 0.3 is 0 Å². The summed E-state index contributed by atoms with van der Waals surface area (Å²) in [6, 6.07) is 21.4. The summed E-state index contributed by atoms with van der Waals surface area (Å²) in [6.45, 7) is 3.94. The largest absolute Gasteiger partial charge is 0.487 e. The highest BCUT2D eigenvalue weighted by Gasteiger charge is 2.22. The van der Waals surface area contributed by atoms with E-state index >= 15 is 0 Å². The lowest BCUT2D eigenvalue weighted by molar-refractivity contribution is 0.309. The molecule has 1 unspecified atom stereocenters. The number of benzene rings is 2. The van der Waals surface area contributed by atoms with E-state index < -0.39 is 0 Å². The van der Waals surface area contributed by atoms with Crippen LogP contribution in [-0.4, -0.2) is 17.6 Å². The molecular formula is C23H26N2O. The van der Waals surface area contributed by atoms with Gasteiger partial charge in [-0.3, -0.25) is 0 Å². The number of hydrogen-bond acceptors (Lipinski definition) is 3. The van der Waals surface area contributed by atoms with Crippen LogP contribution in [0.25, 0.3) is 10.9 Å². The van der Waals surface area contributed by atoms with Gasteiger partial charge in [-0.2, -0.15) is 0 Å². The first kappa shape index (κ1) is 16.9. The van der Waals surface area contributed by atoms with Crippen molar-refractivity contribution in [3.05, 3.63) is 66.2 Å². The lowest BCUT2D eigenvalue weighted by Crippen LogP contribution is -2.39. The molecule has 0 spiro atoms. The molecular weight excluding hydrogens is 320 g/mol. The second-order valence-corrected chi connectivity index (χ2v) is 7.02. The number of fused-ring (bicyclic) bond motifs is 1. The normalized spacial score (nSPS) is 17.4. The number of pyridine rings is 1. The molecule has 26 heavy (non-hydrogen) atoms. The molecule has 0 N–H and O–H groups in total. The highest BCUT2D eigenvalue weighted by molar-refractivity contribution is 5.86.